The van der Waals surface area contributed by atoms with Gasteiger partial charge in [0.25, 0.3) is 5.91 Å². The standard InChI is InChI=1S/C18H21N3O4/c1-10-20-18(25-21-10)13-5-14(16(22)6-13)7-19-17(23)11-2-3-12-8-24-9-15(12)4-11/h2-4,13-14,16,22H,5-9H2,1H3,(H,19,23)/t13-,14+,16+/m0/s1. The fraction of sp³-hybridized carbons (Fsp3) is 0.500. The van der Waals surface area contributed by atoms with E-state index in [1.165, 1.54) is 0 Å². The molecule has 132 valence electrons. The van der Waals surface area contributed by atoms with Crippen molar-refractivity contribution in [3.63, 3.8) is 0 Å². The number of carbonyl (C=O) groups excluding carboxylic acids is 1. The highest BCUT2D eigenvalue weighted by molar-refractivity contribution is 5.94. The Morgan fingerprint density at radius 2 is 2.16 bits per heavy atom. The van der Waals surface area contributed by atoms with E-state index in [0.717, 1.165) is 17.5 Å². The van der Waals surface area contributed by atoms with Gasteiger partial charge in [0.15, 0.2) is 5.82 Å². The zero-order valence-electron chi connectivity index (χ0n) is 14.1. The summed E-state index contributed by atoms with van der Waals surface area (Å²) >= 11 is 0. The van der Waals surface area contributed by atoms with E-state index in [2.05, 4.69) is 15.5 Å². The molecule has 7 nitrogen and oxygen atoms in total. The quantitative estimate of drug-likeness (QED) is 0.877. The number of ether oxygens (including phenoxy) is 1. The first kappa shape index (κ1) is 16.2. The normalized spacial score (nSPS) is 25.1. The molecule has 1 saturated carbocycles. The number of nitrogens with zero attached hydrogens (tertiary/aromatic N) is 2. The largest absolute Gasteiger partial charge is 0.393 e. The van der Waals surface area contributed by atoms with Gasteiger partial charge in [-0.05, 0) is 43.0 Å². The molecule has 3 atom stereocenters. The van der Waals surface area contributed by atoms with Crippen LogP contribution in [0.2, 0.25) is 0 Å². The summed E-state index contributed by atoms with van der Waals surface area (Å²) in [5.74, 6) is 1.08. The van der Waals surface area contributed by atoms with Crippen LogP contribution < -0.4 is 5.32 Å². The number of nitrogens with one attached hydrogen (secondary N) is 1. The third-order valence-corrected chi connectivity index (χ3v) is 5.06. The van der Waals surface area contributed by atoms with Crippen LogP contribution in [0.25, 0.3) is 0 Å². The van der Waals surface area contributed by atoms with Crippen molar-refractivity contribution in [3.8, 4) is 0 Å². The highest BCUT2D eigenvalue weighted by atomic mass is 16.5. The molecule has 0 unspecified atom stereocenters. The number of fused-ring (bicyclic) bond motifs is 1. The topological polar surface area (TPSA) is 97.5 Å². The fourth-order valence-corrected chi connectivity index (χ4v) is 3.64. The van der Waals surface area contributed by atoms with Crippen molar-refractivity contribution in [2.45, 2.75) is 45.0 Å². The van der Waals surface area contributed by atoms with Gasteiger partial charge in [0, 0.05) is 23.9 Å². The number of aliphatic hydroxyl groups excluding tert-OH is 1. The summed E-state index contributed by atoms with van der Waals surface area (Å²) in [6.45, 7) is 3.38. The van der Waals surface area contributed by atoms with Gasteiger partial charge in [0.1, 0.15) is 0 Å². The minimum Gasteiger partial charge on any atom is -0.393 e. The molecule has 4 rings (SSSR count). The number of carbonyl (C=O) groups is 1. The van der Waals surface area contributed by atoms with Crippen LogP contribution in [-0.2, 0) is 18.0 Å². The maximum atomic E-state index is 12.4. The highest BCUT2D eigenvalue weighted by Gasteiger charge is 2.36. The van der Waals surface area contributed by atoms with E-state index in [9.17, 15) is 9.90 Å². The second kappa shape index (κ2) is 6.57. The third-order valence-electron chi connectivity index (χ3n) is 5.06. The molecule has 0 spiro atoms. The number of aliphatic hydroxyl groups is 1. The number of rotatable bonds is 4. The van der Waals surface area contributed by atoms with Crippen LogP contribution in [-0.4, -0.2) is 33.8 Å². The predicted molar refractivity (Wildman–Crippen MR) is 87.8 cm³/mol. The molecule has 2 heterocycles. The van der Waals surface area contributed by atoms with E-state index in [0.29, 0.717) is 43.5 Å². The second-order valence-corrected chi connectivity index (χ2v) is 6.86. The Labute approximate surface area is 145 Å². The Hall–Kier alpha value is -2.25. The maximum absolute atomic E-state index is 12.4. The summed E-state index contributed by atoms with van der Waals surface area (Å²) in [5.41, 5.74) is 2.83. The van der Waals surface area contributed by atoms with Crippen LogP contribution in [0, 0.1) is 12.8 Å². The van der Waals surface area contributed by atoms with E-state index in [1.807, 2.05) is 18.2 Å². The molecule has 7 heteroatoms. The lowest BCUT2D eigenvalue weighted by molar-refractivity contribution is 0.0916. The van der Waals surface area contributed by atoms with E-state index < -0.39 is 6.10 Å². The number of hydrogen-bond acceptors (Lipinski definition) is 6. The number of aryl methyl sites for hydroxylation is 1. The van der Waals surface area contributed by atoms with Gasteiger partial charge in [-0.25, -0.2) is 0 Å². The second-order valence-electron chi connectivity index (χ2n) is 6.86. The maximum Gasteiger partial charge on any atom is 0.251 e. The molecule has 1 amide bonds. The zero-order chi connectivity index (χ0) is 17.4. The lowest BCUT2D eigenvalue weighted by Gasteiger charge is -2.15. The van der Waals surface area contributed by atoms with E-state index >= 15 is 0 Å². The molecular weight excluding hydrogens is 322 g/mol. The number of aromatic nitrogens is 2. The average molecular weight is 343 g/mol. The van der Waals surface area contributed by atoms with Crippen molar-refractivity contribution in [1.29, 1.82) is 0 Å². The van der Waals surface area contributed by atoms with Crippen LogP contribution >= 0.6 is 0 Å². The fourth-order valence-electron chi connectivity index (χ4n) is 3.64. The van der Waals surface area contributed by atoms with Gasteiger partial charge >= 0.3 is 0 Å². The first-order valence-electron chi connectivity index (χ1n) is 8.56. The van der Waals surface area contributed by atoms with Gasteiger partial charge in [-0.3, -0.25) is 4.79 Å². The van der Waals surface area contributed by atoms with Crippen LogP contribution in [0.4, 0.5) is 0 Å². The Bertz CT molecular complexity index is 788. The van der Waals surface area contributed by atoms with E-state index in [1.54, 1.807) is 6.92 Å². The van der Waals surface area contributed by atoms with Gasteiger partial charge in [-0.15, -0.1) is 0 Å². The van der Waals surface area contributed by atoms with Crippen molar-refractivity contribution >= 4 is 5.91 Å². The Morgan fingerprint density at radius 3 is 2.96 bits per heavy atom. The van der Waals surface area contributed by atoms with Crippen LogP contribution in [0.1, 0.15) is 52.0 Å². The summed E-state index contributed by atoms with van der Waals surface area (Å²) in [7, 11) is 0. The first-order chi connectivity index (χ1) is 12.1. The summed E-state index contributed by atoms with van der Waals surface area (Å²) in [5, 5.41) is 17.0. The molecule has 2 aliphatic rings. The molecule has 1 aliphatic carbocycles. The molecule has 1 fully saturated rings. The van der Waals surface area contributed by atoms with Crippen molar-refractivity contribution < 1.29 is 19.2 Å². The molecule has 1 aromatic heterocycles. The molecule has 2 aromatic rings. The van der Waals surface area contributed by atoms with E-state index in [4.69, 9.17) is 9.26 Å². The Balaban J connectivity index is 1.35. The molecule has 0 bridgehead atoms. The van der Waals surface area contributed by atoms with Gasteiger partial charge in [-0.2, -0.15) is 4.98 Å². The third kappa shape index (κ3) is 3.29. The number of benzene rings is 1. The smallest absolute Gasteiger partial charge is 0.251 e. The molecule has 2 N–H and O–H groups in total. The molecule has 0 saturated heterocycles. The van der Waals surface area contributed by atoms with Gasteiger partial charge < -0.3 is 19.7 Å². The zero-order valence-corrected chi connectivity index (χ0v) is 14.1. The minimum atomic E-state index is -0.481. The van der Waals surface area contributed by atoms with Gasteiger partial charge in [0.2, 0.25) is 5.89 Å². The number of amides is 1. The van der Waals surface area contributed by atoms with Crippen LogP contribution in [0.3, 0.4) is 0 Å². The summed E-state index contributed by atoms with van der Waals surface area (Å²) in [4.78, 5) is 16.6. The molecular formula is C18H21N3O4. The predicted octanol–water partition coefficient (Wildman–Crippen LogP) is 1.69. The molecule has 0 radical (unpaired) electrons. The summed E-state index contributed by atoms with van der Waals surface area (Å²) in [6, 6.07) is 5.64. The Morgan fingerprint density at radius 1 is 1.32 bits per heavy atom. The summed E-state index contributed by atoms with van der Waals surface area (Å²) in [6.07, 6.45) is 0.824. The lowest BCUT2D eigenvalue weighted by atomic mass is 10.0. The highest BCUT2D eigenvalue weighted by Crippen LogP contribution is 2.37. The van der Waals surface area contributed by atoms with Crippen LogP contribution in [0.15, 0.2) is 22.7 Å². The number of hydrogen-bond donors (Lipinski definition) is 2. The van der Waals surface area contributed by atoms with Crippen molar-refractivity contribution in [2.24, 2.45) is 5.92 Å². The minimum absolute atomic E-state index is 0.0149. The SMILES string of the molecule is Cc1noc([C@H]2C[C@H](CNC(=O)c3ccc4c(c3)COC4)[C@H](O)C2)n1. The van der Waals surface area contributed by atoms with Crippen molar-refractivity contribution in [3.05, 3.63) is 46.6 Å². The Kier molecular flexibility index (Phi) is 4.27. The van der Waals surface area contributed by atoms with Crippen molar-refractivity contribution in [1.82, 2.24) is 15.5 Å². The van der Waals surface area contributed by atoms with Crippen LogP contribution in [0.5, 0.6) is 0 Å². The van der Waals surface area contributed by atoms with E-state index in [-0.39, 0.29) is 17.7 Å². The molecule has 25 heavy (non-hydrogen) atoms. The van der Waals surface area contributed by atoms with Gasteiger partial charge in [0.05, 0.1) is 19.3 Å². The summed E-state index contributed by atoms with van der Waals surface area (Å²) < 4.78 is 10.6. The lowest BCUT2D eigenvalue weighted by Crippen LogP contribution is -2.32. The average Bonchev–Trinajstić information content (AvgIpc) is 3.31. The van der Waals surface area contributed by atoms with Crippen molar-refractivity contribution in [2.75, 3.05) is 6.54 Å². The first-order valence-corrected chi connectivity index (χ1v) is 8.56. The molecule has 1 aromatic carbocycles. The monoisotopic (exact) mass is 343 g/mol. The molecule has 1 aliphatic heterocycles. The van der Waals surface area contributed by atoms with Gasteiger partial charge in [-0.1, -0.05) is 11.2 Å².